The van der Waals surface area contributed by atoms with Crippen molar-refractivity contribution in [3.05, 3.63) is 95.1 Å². The van der Waals surface area contributed by atoms with E-state index in [1.54, 1.807) is 48.5 Å². The van der Waals surface area contributed by atoms with Gasteiger partial charge in [0.05, 0.1) is 11.8 Å². The van der Waals surface area contributed by atoms with Crippen molar-refractivity contribution in [3.8, 4) is 11.5 Å². The normalized spacial score (nSPS) is 10.6. The fraction of sp³-hybridized carbons (Fsp3) is 0.125. The maximum absolute atomic E-state index is 12.2. The Labute approximate surface area is 175 Å². The van der Waals surface area contributed by atoms with Gasteiger partial charge in [0, 0.05) is 0 Å². The van der Waals surface area contributed by atoms with Crippen LogP contribution in [-0.4, -0.2) is 24.7 Å². The van der Waals surface area contributed by atoms with Crippen LogP contribution >= 0.6 is 0 Å². The van der Waals surface area contributed by atoms with Gasteiger partial charge in [-0.05, 0) is 67.4 Å². The Bertz CT molecular complexity index is 1040. The van der Waals surface area contributed by atoms with E-state index in [0.717, 1.165) is 16.7 Å². The van der Waals surface area contributed by atoms with Gasteiger partial charge in [-0.3, -0.25) is 4.79 Å². The average molecular weight is 402 g/mol. The summed E-state index contributed by atoms with van der Waals surface area (Å²) >= 11 is 0. The van der Waals surface area contributed by atoms with Crippen molar-refractivity contribution in [3.63, 3.8) is 0 Å². The maximum atomic E-state index is 12.2. The lowest BCUT2D eigenvalue weighted by atomic mass is 10.1. The van der Waals surface area contributed by atoms with E-state index in [2.05, 4.69) is 10.5 Å². The van der Waals surface area contributed by atoms with Crippen LogP contribution in [0.1, 0.15) is 27.0 Å². The Balaban J connectivity index is 1.47. The first-order valence-corrected chi connectivity index (χ1v) is 9.40. The van der Waals surface area contributed by atoms with E-state index >= 15 is 0 Å². The molecule has 0 unspecified atom stereocenters. The fourth-order valence-electron chi connectivity index (χ4n) is 2.58. The van der Waals surface area contributed by atoms with Gasteiger partial charge in [-0.2, -0.15) is 5.10 Å². The first-order chi connectivity index (χ1) is 14.5. The Hall–Kier alpha value is -3.93. The molecule has 0 atom stereocenters. The van der Waals surface area contributed by atoms with E-state index in [9.17, 15) is 9.59 Å². The standard InChI is InChI=1S/C24H22N2O4/c1-17-7-11-20(12-8-17)29-16-23(27)26-25-15-19-9-13-21(14-10-19)30-24(28)22-6-4-3-5-18(22)2/h3-15H,16H2,1-2H3,(H,26,27)/b25-15-. The first kappa shape index (κ1) is 20.8. The largest absolute Gasteiger partial charge is 0.484 e. The van der Waals surface area contributed by atoms with Gasteiger partial charge in [-0.1, -0.05) is 35.9 Å². The molecular formula is C24H22N2O4. The molecule has 0 heterocycles. The van der Waals surface area contributed by atoms with Gasteiger partial charge >= 0.3 is 5.97 Å². The summed E-state index contributed by atoms with van der Waals surface area (Å²) in [5.74, 6) is 0.275. The van der Waals surface area contributed by atoms with Crippen LogP contribution in [-0.2, 0) is 4.79 Å². The summed E-state index contributed by atoms with van der Waals surface area (Å²) in [6.07, 6.45) is 1.50. The molecule has 30 heavy (non-hydrogen) atoms. The number of rotatable bonds is 7. The molecule has 0 fully saturated rings. The Kier molecular flexibility index (Phi) is 6.95. The predicted molar refractivity (Wildman–Crippen MR) is 115 cm³/mol. The zero-order chi connectivity index (χ0) is 21.3. The summed E-state index contributed by atoms with van der Waals surface area (Å²) in [5, 5.41) is 3.91. The molecule has 1 N–H and O–H groups in total. The summed E-state index contributed by atoms with van der Waals surface area (Å²) < 4.78 is 10.8. The zero-order valence-electron chi connectivity index (χ0n) is 16.8. The molecule has 6 heteroatoms. The molecule has 0 aliphatic rings. The number of esters is 1. The molecule has 0 saturated heterocycles. The predicted octanol–water partition coefficient (Wildman–Crippen LogP) is 4.05. The van der Waals surface area contributed by atoms with Crippen LogP contribution < -0.4 is 14.9 Å². The van der Waals surface area contributed by atoms with Crippen LogP contribution in [0.5, 0.6) is 11.5 Å². The highest BCUT2D eigenvalue weighted by atomic mass is 16.5. The second kappa shape index (κ2) is 10.0. The van der Waals surface area contributed by atoms with Gasteiger partial charge in [-0.15, -0.1) is 0 Å². The molecule has 3 rings (SSSR count). The summed E-state index contributed by atoms with van der Waals surface area (Å²) in [6, 6.07) is 21.5. The number of nitrogens with zero attached hydrogens (tertiary/aromatic N) is 1. The molecule has 0 radical (unpaired) electrons. The van der Waals surface area contributed by atoms with Crippen molar-refractivity contribution in [2.24, 2.45) is 5.10 Å². The average Bonchev–Trinajstić information content (AvgIpc) is 2.75. The third-order valence-electron chi connectivity index (χ3n) is 4.25. The van der Waals surface area contributed by atoms with Crippen molar-refractivity contribution in [1.29, 1.82) is 0 Å². The monoisotopic (exact) mass is 402 g/mol. The van der Waals surface area contributed by atoms with E-state index in [-0.39, 0.29) is 12.5 Å². The number of hydrogen-bond acceptors (Lipinski definition) is 5. The van der Waals surface area contributed by atoms with Gasteiger partial charge in [0.15, 0.2) is 6.61 Å². The quantitative estimate of drug-likeness (QED) is 0.280. The highest BCUT2D eigenvalue weighted by Crippen LogP contribution is 2.15. The molecule has 0 aliphatic heterocycles. The van der Waals surface area contributed by atoms with Crippen molar-refractivity contribution >= 4 is 18.1 Å². The smallest absolute Gasteiger partial charge is 0.343 e. The molecule has 0 aliphatic carbocycles. The third-order valence-corrected chi connectivity index (χ3v) is 4.25. The molecule has 3 aromatic rings. The number of hydrogen-bond donors (Lipinski definition) is 1. The second-order valence-electron chi connectivity index (χ2n) is 6.67. The minimum atomic E-state index is -0.407. The van der Waals surface area contributed by atoms with Crippen LogP contribution in [0.3, 0.4) is 0 Å². The minimum absolute atomic E-state index is 0.131. The number of carbonyl (C=O) groups excluding carboxylic acids is 2. The van der Waals surface area contributed by atoms with Crippen LogP contribution in [0.25, 0.3) is 0 Å². The van der Waals surface area contributed by atoms with Crippen molar-refractivity contribution in [2.45, 2.75) is 13.8 Å². The number of benzene rings is 3. The van der Waals surface area contributed by atoms with E-state index in [1.165, 1.54) is 6.21 Å². The summed E-state index contributed by atoms with van der Waals surface area (Å²) in [7, 11) is 0. The maximum Gasteiger partial charge on any atom is 0.343 e. The van der Waals surface area contributed by atoms with Gasteiger partial charge in [0.25, 0.3) is 5.91 Å². The van der Waals surface area contributed by atoms with Crippen molar-refractivity contribution in [2.75, 3.05) is 6.61 Å². The molecule has 0 aromatic heterocycles. The lowest BCUT2D eigenvalue weighted by Gasteiger charge is -2.07. The SMILES string of the molecule is Cc1ccc(OCC(=O)N/N=C\c2ccc(OC(=O)c3ccccc3C)cc2)cc1. The highest BCUT2D eigenvalue weighted by Gasteiger charge is 2.10. The number of carbonyl (C=O) groups is 2. The topological polar surface area (TPSA) is 77.0 Å². The summed E-state index contributed by atoms with van der Waals surface area (Å²) in [4.78, 5) is 24.0. The van der Waals surface area contributed by atoms with Crippen LogP contribution in [0.2, 0.25) is 0 Å². The van der Waals surface area contributed by atoms with E-state index < -0.39 is 5.97 Å². The molecule has 0 spiro atoms. The van der Waals surface area contributed by atoms with Gasteiger partial charge in [-0.25, -0.2) is 10.2 Å². The number of hydrazone groups is 1. The molecule has 1 amide bonds. The molecule has 152 valence electrons. The van der Waals surface area contributed by atoms with Gasteiger partial charge in [0.1, 0.15) is 11.5 Å². The molecule has 0 saturated carbocycles. The Morgan fingerprint density at radius 1 is 0.900 bits per heavy atom. The van der Waals surface area contributed by atoms with Crippen molar-refractivity contribution in [1.82, 2.24) is 5.43 Å². The van der Waals surface area contributed by atoms with E-state index in [0.29, 0.717) is 17.1 Å². The van der Waals surface area contributed by atoms with Gasteiger partial charge < -0.3 is 9.47 Å². The minimum Gasteiger partial charge on any atom is -0.484 e. The highest BCUT2D eigenvalue weighted by molar-refractivity contribution is 5.92. The number of amides is 1. The summed E-state index contributed by atoms with van der Waals surface area (Å²) in [5.41, 5.74) is 5.65. The third kappa shape index (κ3) is 6.04. The summed E-state index contributed by atoms with van der Waals surface area (Å²) in [6.45, 7) is 3.70. The second-order valence-corrected chi connectivity index (χ2v) is 6.67. The van der Waals surface area contributed by atoms with Crippen molar-refractivity contribution < 1.29 is 19.1 Å². The molecule has 3 aromatic carbocycles. The lowest BCUT2D eigenvalue weighted by Crippen LogP contribution is -2.24. The zero-order valence-corrected chi connectivity index (χ0v) is 16.8. The first-order valence-electron chi connectivity index (χ1n) is 9.40. The van der Waals surface area contributed by atoms with Crippen LogP contribution in [0.15, 0.2) is 77.9 Å². The number of aryl methyl sites for hydroxylation is 2. The van der Waals surface area contributed by atoms with E-state index in [1.807, 2.05) is 38.1 Å². The Morgan fingerprint density at radius 3 is 2.27 bits per heavy atom. The van der Waals surface area contributed by atoms with Crippen LogP contribution in [0.4, 0.5) is 0 Å². The lowest BCUT2D eigenvalue weighted by molar-refractivity contribution is -0.123. The van der Waals surface area contributed by atoms with Crippen LogP contribution in [0, 0.1) is 13.8 Å². The Morgan fingerprint density at radius 2 is 1.57 bits per heavy atom. The number of ether oxygens (including phenoxy) is 2. The van der Waals surface area contributed by atoms with Gasteiger partial charge in [0.2, 0.25) is 0 Å². The fourth-order valence-corrected chi connectivity index (χ4v) is 2.58. The molecule has 0 bridgehead atoms. The molecular weight excluding hydrogens is 380 g/mol. The molecule has 6 nitrogen and oxygen atoms in total. The number of nitrogens with one attached hydrogen (secondary N) is 1. The van der Waals surface area contributed by atoms with E-state index in [4.69, 9.17) is 9.47 Å².